The molecule has 6 nitrogen and oxygen atoms in total. The van der Waals surface area contributed by atoms with E-state index in [1.54, 1.807) is 0 Å². The van der Waals surface area contributed by atoms with E-state index in [0.29, 0.717) is 19.5 Å². The quantitative estimate of drug-likeness (QED) is 0.476. The first kappa shape index (κ1) is 16.5. The zero-order valence-corrected chi connectivity index (χ0v) is 12.8. The van der Waals surface area contributed by atoms with E-state index in [1.807, 2.05) is 38.1 Å². The van der Waals surface area contributed by atoms with Crippen LogP contribution in [0.4, 0.5) is 0 Å². The van der Waals surface area contributed by atoms with Gasteiger partial charge in [0.1, 0.15) is 0 Å². The number of hydrogen-bond acceptors (Lipinski definition) is 3. The van der Waals surface area contributed by atoms with Gasteiger partial charge in [0.05, 0.1) is 12.3 Å². The van der Waals surface area contributed by atoms with Gasteiger partial charge in [-0.05, 0) is 23.1 Å². The summed E-state index contributed by atoms with van der Waals surface area (Å²) in [5.41, 5.74) is 10.4. The molecule has 1 aliphatic heterocycles. The second kappa shape index (κ2) is 7.28. The van der Waals surface area contributed by atoms with E-state index in [1.165, 1.54) is 10.6 Å². The highest BCUT2D eigenvalue weighted by Crippen LogP contribution is 2.30. The van der Waals surface area contributed by atoms with Crippen molar-refractivity contribution in [2.24, 2.45) is 5.11 Å². The van der Waals surface area contributed by atoms with Crippen molar-refractivity contribution < 1.29 is 8.42 Å². The van der Waals surface area contributed by atoms with Gasteiger partial charge in [-0.1, -0.05) is 43.2 Å². The van der Waals surface area contributed by atoms with Crippen molar-refractivity contribution in [3.05, 3.63) is 45.8 Å². The van der Waals surface area contributed by atoms with Crippen molar-refractivity contribution in [1.82, 2.24) is 4.31 Å². The Kier molecular flexibility index (Phi) is 6.01. The largest absolute Gasteiger partial charge is 0.212 e. The second-order valence-corrected chi connectivity index (χ2v) is 6.29. The van der Waals surface area contributed by atoms with Gasteiger partial charge in [-0.2, -0.15) is 4.31 Å². The molecule has 1 aliphatic rings. The summed E-state index contributed by atoms with van der Waals surface area (Å²) in [6, 6.07) is 7.20. The second-order valence-electron chi connectivity index (χ2n) is 4.30. The third-order valence-corrected chi connectivity index (χ3v) is 4.32. The van der Waals surface area contributed by atoms with Crippen molar-refractivity contribution in [3.63, 3.8) is 0 Å². The average Bonchev–Trinajstić information content (AvgIpc) is 2.61. The summed E-state index contributed by atoms with van der Waals surface area (Å²) in [5, 5.41) is 3.76. The highest BCUT2D eigenvalue weighted by Gasteiger charge is 2.25. The van der Waals surface area contributed by atoms with Gasteiger partial charge < -0.3 is 0 Å². The first-order chi connectivity index (χ1) is 9.52. The first-order valence-corrected chi connectivity index (χ1v) is 8.44. The van der Waals surface area contributed by atoms with E-state index in [0.717, 1.165) is 11.1 Å². The molecule has 1 aromatic carbocycles. The maximum atomic E-state index is 11.6. The first-order valence-electron chi connectivity index (χ1n) is 6.59. The predicted octanol–water partition coefficient (Wildman–Crippen LogP) is 3.23. The van der Waals surface area contributed by atoms with E-state index in [2.05, 4.69) is 10.0 Å². The van der Waals surface area contributed by atoms with Gasteiger partial charge in [0.2, 0.25) is 10.0 Å². The molecule has 7 heteroatoms. The van der Waals surface area contributed by atoms with Gasteiger partial charge in [-0.3, -0.25) is 0 Å². The fourth-order valence-corrected chi connectivity index (χ4v) is 2.97. The predicted molar refractivity (Wildman–Crippen MR) is 79.5 cm³/mol. The van der Waals surface area contributed by atoms with Crippen molar-refractivity contribution in [3.8, 4) is 0 Å². The molecule has 20 heavy (non-hydrogen) atoms. The minimum atomic E-state index is -3.23. The Bertz CT molecular complexity index is 594. The zero-order chi connectivity index (χ0) is 15.2. The number of azide groups is 1. The van der Waals surface area contributed by atoms with Crippen LogP contribution in [0.3, 0.4) is 0 Å². The van der Waals surface area contributed by atoms with Crippen LogP contribution >= 0.6 is 0 Å². The zero-order valence-electron chi connectivity index (χ0n) is 12.0. The number of hydrogen-bond donors (Lipinski definition) is 0. The van der Waals surface area contributed by atoms with E-state index in [-0.39, 0.29) is 6.04 Å². The molecular formula is C13H20N4O2S. The van der Waals surface area contributed by atoms with Crippen LogP contribution < -0.4 is 0 Å². The number of nitrogens with zero attached hydrogens (tertiary/aromatic N) is 4. The lowest BCUT2D eigenvalue weighted by molar-refractivity contribution is 0.405. The minimum Gasteiger partial charge on any atom is -0.212 e. The number of fused-ring (bicyclic) bond motifs is 1. The molecule has 0 fully saturated rings. The smallest absolute Gasteiger partial charge is 0.211 e. The fraction of sp³-hybridized carbons (Fsp3) is 0.538. The van der Waals surface area contributed by atoms with Gasteiger partial charge in [-0.25, -0.2) is 8.42 Å². The summed E-state index contributed by atoms with van der Waals surface area (Å²) in [4.78, 5) is 2.84. The van der Waals surface area contributed by atoms with Crippen LogP contribution in [0.25, 0.3) is 10.4 Å². The van der Waals surface area contributed by atoms with Gasteiger partial charge in [0.15, 0.2) is 0 Å². The third-order valence-electron chi connectivity index (χ3n) is 3.07. The Balaban J connectivity index is 0.000000956. The Hall–Kier alpha value is -1.56. The van der Waals surface area contributed by atoms with Gasteiger partial charge in [-0.15, -0.1) is 0 Å². The Labute approximate surface area is 120 Å². The van der Waals surface area contributed by atoms with Crippen LogP contribution in [-0.4, -0.2) is 25.5 Å². The normalized spacial score (nSPS) is 18.9. The minimum absolute atomic E-state index is 0.294. The Morgan fingerprint density at radius 1 is 1.35 bits per heavy atom. The highest BCUT2D eigenvalue weighted by atomic mass is 32.2. The van der Waals surface area contributed by atoms with Crippen molar-refractivity contribution >= 4 is 10.0 Å². The van der Waals surface area contributed by atoms with Crippen molar-refractivity contribution in [2.75, 3.05) is 12.8 Å². The fourth-order valence-electron chi connectivity index (χ4n) is 2.16. The van der Waals surface area contributed by atoms with E-state index >= 15 is 0 Å². The molecule has 0 saturated carbocycles. The molecule has 0 bridgehead atoms. The van der Waals surface area contributed by atoms with E-state index in [4.69, 9.17) is 5.53 Å². The Morgan fingerprint density at radius 3 is 2.60 bits per heavy atom. The summed E-state index contributed by atoms with van der Waals surface area (Å²) < 4.78 is 24.7. The maximum absolute atomic E-state index is 11.6. The molecule has 0 saturated heterocycles. The van der Waals surface area contributed by atoms with Crippen molar-refractivity contribution in [2.45, 2.75) is 32.9 Å². The van der Waals surface area contributed by atoms with Crippen LogP contribution in [0.2, 0.25) is 0 Å². The SMILES string of the molecule is CC.CS(=O)(=O)N1CCC(N=[N+]=[N-])c2ccccc2C1. The molecule has 0 aromatic heterocycles. The van der Waals surface area contributed by atoms with E-state index < -0.39 is 10.0 Å². The van der Waals surface area contributed by atoms with E-state index in [9.17, 15) is 8.42 Å². The maximum Gasteiger partial charge on any atom is 0.211 e. The monoisotopic (exact) mass is 296 g/mol. The van der Waals surface area contributed by atoms with Crippen LogP contribution in [0.5, 0.6) is 0 Å². The standard InChI is InChI=1S/C11H14N4O2S.C2H6/c1-18(16,17)15-7-6-11(13-14-12)10-5-3-2-4-9(10)8-15;1-2/h2-5,11H,6-8H2,1H3;1-2H3. The average molecular weight is 296 g/mol. The highest BCUT2D eigenvalue weighted by molar-refractivity contribution is 7.88. The summed E-state index contributed by atoms with van der Waals surface area (Å²) in [7, 11) is -3.23. The molecule has 2 rings (SSSR count). The summed E-state index contributed by atoms with van der Waals surface area (Å²) >= 11 is 0. The van der Waals surface area contributed by atoms with Gasteiger partial charge in [0.25, 0.3) is 0 Å². The molecule has 0 spiro atoms. The number of rotatable bonds is 2. The van der Waals surface area contributed by atoms with Crippen LogP contribution in [0.15, 0.2) is 29.4 Å². The summed E-state index contributed by atoms with van der Waals surface area (Å²) in [6.07, 6.45) is 1.71. The molecule has 110 valence electrons. The number of sulfonamides is 1. The summed E-state index contributed by atoms with van der Waals surface area (Å²) in [5.74, 6) is 0. The number of benzene rings is 1. The molecular weight excluding hydrogens is 276 g/mol. The Morgan fingerprint density at radius 2 is 2.00 bits per heavy atom. The molecule has 0 amide bonds. The molecule has 1 aromatic rings. The molecule has 1 heterocycles. The van der Waals surface area contributed by atoms with Crippen LogP contribution in [0.1, 0.15) is 37.4 Å². The molecule has 0 aliphatic carbocycles. The van der Waals surface area contributed by atoms with Crippen molar-refractivity contribution in [1.29, 1.82) is 0 Å². The van der Waals surface area contributed by atoms with Crippen LogP contribution in [-0.2, 0) is 16.6 Å². The molecule has 1 unspecified atom stereocenters. The molecule has 0 radical (unpaired) electrons. The summed E-state index contributed by atoms with van der Waals surface area (Å²) in [6.45, 7) is 4.71. The van der Waals surface area contributed by atoms with Gasteiger partial charge >= 0.3 is 0 Å². The lowest BCUT2D eigenvalue weighted by Crippen LogP contribution is -2.29. The topological polar surface area (TPSA) is 86.1 Å². The lowest BCUT2D eigenvalue weighted by Gasteiger charge is -2.17. The molecule has 0 N–H and O–H groups in total. The van der Waals surface area contributed by atoms with Crippen LogP contribution in [0, 0.1) is 0 Å². The third kappa shape index (κ3) is 3.96. The molecule has 1 atom stereocenters. The van der Waals surface area contributed by atoms with Gasteiger partial charge in [0, 0.05) is 18.0 Å². The lowest BCUT2D eigenvalue weighted by atomic mass is 10.0.